The van der Waals surface area contributed by atoms with E-state index in [1.807, 2.05) is 36.4 Å². The molecule has 1 unspecified atom stereocenters. The predicted octanol–water partition coefficient (Wildman–Crippen LogP) is 5.94. The molecule has 3 rings (SSSR count). The van der Waals surface area contributed by atoms with Crippen LogP contribution in [0, 0.1) is 0 Å². The number of ether oxygens (including phenoxy) is 2. The molecule has 0 aliphatic heterocycles. The maximum absolute atomic E-state index is 13.7. The third-order valence-corrected chi connectivity index (χ3v) is 6.46. The standard InChI is InChI=1S/C29H32Cl2N2O4/c1-3-4-16-32-29(35)25(17-21-10-6-5-7-11-21)33(19-22-14-15-23(30)18-24(22)31)28(34)20-37-27-13-9-8-12-26(27)36-2/h5-15,18,25H,3-4,16-17,19-20H2,1-2H3,(H,32,35). The van der Waals surface area contributed by atoms with Crippen molar-refractivity contribution in [3.63, 3.8) is 0 Å². The molecule has 0 heterocycles. The zero-order valence-electron chi connectivity index (χ0n) is 21.1. The molecule has 0 bridgehead atoms. The highest BCUT2D eigenvalue weighted by atomic mass is 35.5. The van der Waals surface area contributed by atoms with Gasteiger partial charge >= 0.3 is 0 Å². The lowest BCUT2D eigenvalue weighted by atomic mass is 10.0. The lowest BCUT2D eigenvalue weighted by Gasteiger charge is -2.32. The molecule has 6 nitrogen and oxygen atoms in total. The van der Waals surface area contributed by atoms with Gasteiger partial charge < -0.3 is 19.7 Å². The average molecular weight is 543 g/mol. The Morgan fingerprint density at radius 1 is 0.973 bits per heavy atom. The molecule has 37 heavy (non-hydrogen) atoms. The maximum atomic E-state index is 13.7. The van der Waals surface area contributed by atoms with E-state index in [2.05, 4.69) is 12.2 Å². The molecule has 1 N–H and O–H groups in total. The van der Waals surface area contributed by atoms with Crippen LogP contribution in [0.4, 0.5) is 0 Å². The first-order chi connectivity index (χ1) is 17.9. The van der Waals surface area contributed by atoms with Crippen molar-refractivity contribution in [2.45, 2.75) is 38.8 Å². The van der Waals surface area contributed by atoms with E-state index in [-0.39, 0.29) is 25.0 Å². The number of amides is 2. The zero-order valence-corrected chi connectivity index (χ0v) is 22.6. The van der Waals surface area contributed by atoms with E-state index in [4.69, 9.17) is 32.7 Å². The average Bonchev–Trinajstić information content (AvgIpc) is 2.91. The summed E-state index contributed by atoms with van der Waals surface area (Å²) in [6.07, 6.45) is 2.13. The van der Waals surface area contributed by atoms with Gasteiger partial charge in [0.05, 0.1) is 7.11 Å². The summed E-state index contributed by atoms with van der Waals surface area (Å²) < 4.78 is 11.2. The van der Waals surface area contributed by atoms with Crippen molar-refractivity contribution in [1.29, 1.82) is 0 Å². The monoisotopic (exact) mass is 542 g/mol. The third-order valence-electron chi connectivity index (χ3n) is 5.88. The first-order valence-corrected chi connectivity index (χ1v) is 13.0. The second-order valence-corrected chi connectivity index (χ2v) is 9.39. The minimum Gasteiger partial charge on any atom is -0.493 e. The van der Waals surface area contributed by atoms with Crippen LogP contribution in [0.2, 0.25) is 10.0 Å². The molecule has 2 amide bonds. The van der Waals surface area contributed by atoms with Crippen LogP contribution in [0.3, 0.4) is 0 Å². The minimum absolute atomic E-state index is 0.114. The molecule has 3 aromatic carbocycles. The van der Waals surface area contributed by atoms with Gasteiger partial charge in [0.1, 0.15) is 6.04 Å². The molecule has 0 spiro atoms. The zero-order chi connectivity index (χ0) is 26.6. The van der Waals surface area contributed by atoms with Gasteiger partial charge in [-0.15, -0.1) is 0 Å². The van der Waals surface area contributed by atoms with Crippen LogP contribution in [0.5, 0.6) is 11.5 Å². The summed E-state index contributed by atoms with van der Waals surface area (Å²) in [5.74, 6) is 0.368. The molecule has 0 aromatic heterocycles. The number of benzene rings is 3. The second kappa shape index (κ2) is 14.5. The first kappa shape index (κ1) is 28.4. The molecule has 196 valence electrons. The van der Waals surface area contributed by atoms with E-state index in [0.29, 0.717) is 40.1 Å². The first-order valence-electron chi connectivity index (χ1n) is 12.2. The van der Waals surface area contributed by atoms with Crippen LogP contribution in [-0.2, 0) is 22.6 Å². The Balaban J connectivity index is 1.93. The molecule has 0 aliphatic rings. The normalized spacial score (nSPS) is 11.5. The number of methoxy groups -OCH3 is 1. The van der Waals surface area contributed by atoms with Crippen LogP contribution in [0.1, 0.15) is 30.9 Å². The molecule has 3 aromatic rings. The van der Waals surface area contributed by atoms with E-state index in [1.165, 1.54) is 12.0 Å². The Morgan fingerprint density at radius 3 is 2.35 bits per heavy atom. The van der Waals surface area contributed by atoms with Crippen molar-refractivity contribution in [3.05, 3.63) is 94.0 Å². The molecule has 0 saturated carbocycles. The number of carbonyl (C=O) groups is 2. The second-order valence-electron chi connectivity index (χ2n) is 8.55. The Kier molecular flexibility index (Phi) is 11.1. The summed E-state index contributed by atoms with van der Waals surface area (Å²) in [4.78, 5) is 28.7. The Bertz CT molecular complexity index is 1170. The number of hydrogen-bond acceptors (Lipinski definition) is 4. The summed E-state index contributed by atoms with van der Waals surface area (Å²) in [6, 6.07) is 21.0. The number of rotatable bonds is 13. The number of hydrogen-bond donors (Lipinski definition) is 1. The van der Waals surface area contributed by atoms with Crippen molar-refractivity contribution in [2.75, 3.05) is 20.3 Å². The van der Waals surface area contributed by atoms with Gasteiger partial charge in [-0.1, -0.05) is 85.1 Å². The number of unbranched alkanes of at least 4 members (excludes halogenated alkanes) is 1. The van der Waals surface area contributed by atoms with Crippen molar-refractivity contribution in [3.8, 4) is 11.5 Å². The van der Waals surface area contributed by atoms with Crippen LogP contribution in [-0.4, -0.2) is 43.0 Å². The fourth-order valence-corrected chi connectivity index (χ4v) is 4.32. The van der Waals surface area contributed by atoms with E-state index < -0.39 is 6.04 Å². The fraction of sp³-hybridized carbons (Fsp3) is 0.310. The van der Waals surface area contributed by atoms with Crippen LogP contribution >= 0.6 is 23.2 Å². The smallest absolute Gasteiger partial charge is 0.261 e. The molecule has 0 aliphatic carbocycles. The molecule has 1 atom stereocenters. The van der Waals surface area contributed by atoms with Crippen molar-refractivity contribution < 1.29 is 19.1 Å². The molecule has 0 saturated heterocycles. The van der Waals surface area contributed by atoms with Gasteiger partial charge in [0, 0.05) is 29.6 Å². The van der Waals surface area contributed by atoms with Gasteiger partial charge in [-0.05, 0) is 41.8 Å². The van der Waals surface area contributed by atoms with E-state index >= 15 is 0 Å². The predicted molar refractivity (Wildman–Crippen MR) is 147 cm³/mol. The number of nitrogens with zero attached hydrogens (tertiary/aromatic N) is 1. The van der Waals surface area contributed by atoms with Gasteiger partial charge in [0.15, 0.2) is 18.1 Å². The summed E-state index contributed by atoms with van der Waals surface area (Å²) in [5, 5.41) is 3.90. The molecule has 0 fully saturated rings. The summed E-state index contributed by atoms with van der Waals surface area (Å²) in [5.41, 5.74) is 1.61. The summed E-state index contributed by atoms with van der Waals surface area (Å²) in [6.45, 7) is 2.42. The Labute approximate surface area is 228 Å². The van der Waals surface area contributed by atoms with Crippen molar-refractivity contribution in [1.82, 2.24) is 10.2 Å². The largest absolute Gasteiger partial charge is 0.493 e. The van der Waals surface area contributed by atoms with Gasteiger partial charge in [0.2, 0.25) is 5.91 Å². The number of nitrogens with one attached hydrogen (secondary N) is 1. The minimum atomic E-state index is -0.778. The maximum Gasteiger partial charge on any atom is 0.261 e. The van der Waals surface area contributed by atoms with Crippen LogP contribution < -0.4 is 14.8 Å². The van der Waals surface area contributed by atoms with Crippen molar-refractivity contribution >= 4 is 35.0 Å². The van der Waals surface area contributed by atoms with Gasteiger partial charge in [-0.3, -0.25) is 9.59 Å². The lowest BCUT2D eigenvalue weighted by molar-refractivity contribution is -0.142. The highest BCUT2D eigenvalue weighted by molar-refractivity contribution is 6.35. The van der Waals surface area contributed by atoms with Gasteiger partial charge in [0.25, 0.3) is 5.91 Å². The summed E-state index contributed by atoms with van der Waals surface area (Å²) >= 11 is 12.6. The lowest BCUT2D eigenvalue weighted by Crippen LogP contribution is -2.51. The summed E-state index contributed by atoms with van der Waals surface area (Å²) in [7, 11) is 1.54. The SMILES string of the molecule is CCCCNC(=O)C(Cc1ccccc1)N(Cc1ccc(Cl)cc1Cl)C(=O)COc1ccccc1OC. The number of carbonyl (C=O) groups excluding carboxylic acids is 2. The highest BCUT2D eigenvalue weighted by Gasteiger charge is 2.31. The van der Waals surface area contributed by atoms with Crippen LogP contribution in [0.15, 0.2) is 72.8 Å². The molecule has 8 heteroatoms. The topological polar surface area (TPSA) is 67.9 Å². The number of halogens is 2. The Morgan fingerprint density at radius 2 is 1.68 bits per heavy atom. The van der Waals surface area contributed by atoms with Gasteiger partial charge in [-0.2, -0.15) is 0 Å². The third kappa shape index (κ3) is 8.41. The quantitative estimate of drug-likeness (QED) is 0.271. The van der Waals surface area contributed by atoms with E-state index in [0.717, 1.165) is 18.4 Å². The van der Waals surface area contributed by atoms with Gasteiger partial charge in [-0.25, -0.2) is 0 Å². The van der Waals surface area contributed by atoms with Crippen LogP contribution in [0.25, 0.3) is 0 Å². The highest BCUT2D eigenvalue weighted by Crippen LogP contribution is 2.27. The fourth-order valence-electron chi connectivity index (χ4n) is 3.85. The Hall–Kier alpha value is -3.22. The molecular weight excluding hydrogens is 511 g/mol. The van der Waals surface area contributed by atoms with E-state index in [1.54, 1.807) is 36.4 Å². The molecule has 0 radical (unpaired) electrons. The van der Waals surface area contributed by atoms with Crippen molar-refractivity contribution in [2.24, 2.45) is 0 Å². The number of para-hydroxylation sites is 2. The van der Waals surface area contributed by atoms with E-state index in [9.17, 15) is 9.59 Å². The molecular formula is C29H32Cl2N2O4.